The van der Waals surface area contributed by atoms with Gasteiger partial charge < -0.3 is 19.5 Å². The second kappa shape index (κ2) is 8.62. The van der Waals surface area contributed by atoms with Gasteiger partial charge in [-0.2, -0.15) is 11.8 Å². The SMILES string of the molecule is CSCc1nc2ccccc2n1CC(=O)Nc1ccc(N2CCOCC2)nc1. The van der Waals surface area contributed by atoms with Crippen molar-refractivity contribution in [3.05, 3.63) is 48.4 Å². The lowest BCUT2D eigenvalue weighted by atomic mass is 10.3. The maximum absolute atomic E-state index is 12.6. The fourth-order valence-corrected chi connectivity index (χ4v) is 3.80. The Morgan fingerprint density at radius 1 is 1.21 bits per heavy atom. The lowest BCUT2D eigenvalue weighted by molar-refractivity contribution is -0.116. The Labute approximate surface area is 168 Å². The van der Waals surface area contributed by atoms with E-state index in [1.165, 1.54) is 0 Å². The molecule has 3 aromatic rings. The number of nitrogens with one attached hydrogen (secondary N) is 1. The number of pyridine rings is 1. The van der Waals surface area contributed by atoms with Crippen LogP contribution in [0.2, 0.25) is 0 Å². The normalized spacial score (nSPS) is 14.4. The highest BCUT2D eigenvalue weighted by Crippen LogP contribution is 2.20. The van der Waals surface area contributed by atoms with Gasteiger partial charge in [-0.3, -0.25) is 4.79 Å². The van der Waals surface area contributed by atoms with Crippen molar-refractivity contribution in [3.8, 4) is 0 Å². The van der Waals surface area contributed by atoms with Crippen LogP contribution in [0.4, 0.5) is 11.5 Å². The van der Waals surface area contributed by atoms with Gasteiger partial charge in [0.25, 0.3) is 0 Å². The molecule has 1 fully saturated rings. The first-order chi connectivity index (χ1) is 13.7. The third-order valence-electron chi connectivity index (χ3n) is 4.68. The summed E-state index contributed by atoms with van der Waals surface area (Å²) in [5.41, 5.74) is 2.58. The molecule has 4 rings (SSSR count). The molecule has 28 heavy (non-hydrogen) atoms. The number of imidazole rings is 1. The summed E-state index contributed by atoms with van der Waals surface area (Å²) in [4.78, 5) is 24.0. The maximum atomic E-state index is 12.6. The van der Waals surface area contributed by atoms with Crippen LogP contribution in [-0.2, 0) is 21.8 Å². The molecular formula is C20H23N5O2S. The van der Waals surface area contributed by atoms with Crippen LogP contribution >= 0.6 is 11.8 Å². The van der Waals surface area contributed by atoms with E-state index in [1.807, 2.05) is 47.2 Å². The van der Waals surface area contributed by atoms with E-state index in [0.717, 1.165) is 54.7 Å². The number of morpholine rings is 1. The number of hydrogen-bond donors (Lipinski definition) is 1. The molecule has 1 aromatic carbocycles. The molecule has 0 unspecified atom stereocenters. The van der Waals surface area contributed by atoms with E-state index in [1.54, 1.807) is 18.0 Å². The third-order valence-corrected chi connectivity index (χ3v) is 5.22. The van der Waals surface area contributed by atoms with Crippen LogP contribution in [0.5, 0.6) is 0 Å². The largest absolute Gasteiger partial charge is 0.378 e. The molecule has 1 amide bonds. The summed E-state index contributed by atoms with van der Waals surface area (Å²) in [5.74, 6) is 2.48. The number of para-hydroxylation sites is 2. The number of anilines is 2. The molecular weight excluding hydrogens is 374 g/mol. The first kappa shape index (κ1) is 18.8. The van der Waals surface area contributed by atoms with E-state index in [2.05, 4.69) is 20.2 Å². The third kappa shape index (κ3) is 4.13. The first-order valence-electron chi connectivity index (χ1n) is 9.26. The summed E-state index contributed by atoms with van der Waals surface area (Å²) in [6.45, 7) is 3.34. The van der Waals surface area contributed by atoms with Crippen molar-refractivity contribution in [2.24, 2.45) is 0 Å². The predicted molar refractivity (Wildman–Crippen MR) is 113 cm³/mol. The minimum absolute atomic E-state index is 0.0913. The van der Waals surface area contributed by atoms with Crippen molar-refractivity contribution in [1.82, 2.24) is 14.5 Å². The Kier molecular flexibility index (Phi) is 5.78. The van der Waals surface area contributed by atoms with E-state index in [0.29, 0.717) is 5.69 Å². The molecule has 1 N–H and O–H groups in total. The zero-order valence-electron chi connectivity index (χ0n) is 15.8. The number of aromatic nitrogens is 3. The molecule has 1 saturated heterocycles. The van der Waals surface area contributed by atoms with Gasteiger partial charge in [-0.05, 0) is 30.5 Å². The lowest BCUT2D eigenvalue weighted by Gasteiger charge is -2.27. The molecule has 0 saturated carbocycles. The van der Waals surface area contributed by atoms with Crippen LogP contribution in [0.25, 0.3) is 11.0 Å². The van der Waals surface area contributed by atoms with Gasteiger partial charge in [0.1, 0.15) is 18.2 Å². The van der Waals surface area contributed by atoms with Crippen molar-refractivity contribution in [2.45, 2.75) is 12.3 Å². The van der Waals surface area contributed by atoms with Gasteiger partial charge in [-0.25, -0.2) is 9.97 Å². The second-order valence-corrected chi connectivity index (χ2v) is 7.45. The monoisotopic (exact) mass is 397 g/mol. The molecule has 1 aliphatic heterocycles. The predicted octanol–water partition coefficient (Wildman–Crippen LogP) is 2.77. The smallest absolute Gasteiger partial charge is 0.244 e. The minimum atomic E-state index is -0.0913. The summed E-state index contributed by atoms with van der Waals surface area (Å²) < 4.78 is 7.35. The van der Waals surface area contributed by atoms with E-state index in [9.17, 15) is 4.79 Å². The zero-order valence-corrected chi connectivity index (χ0v) is 16.6. The topological polar surface area (TPSA) is 72.3 Å². The number of carbonyl (C=O) groups is 1. The van der Waals surface area contributed by atoms with Crippen molar-refractivity contribution < 1.29 is 9.53 Å². The second-order valence-electron chi connectivity index (χ2n) is 6.59. The van der Waals surface area contributed by atoms with E-state index >= 15 is 0 Å². The number of amides is 1. The molecule has 7 nitrogen and oxygen atoms in total. The van der Waals surface area contributed by atoms with Crippen molar-refractivity contribution >= 4 is 40.2 Å². The van der Waals surface area contributed by atoms with Crippen molar-refractivity contribution in [1.29, 1.82) is 0 Å². The van der Waals surface area contributed by atoms with Gasteiger partial charge in [0, 0.05) is 13.1 Å². The van der Waals surface area contributed by atoms with Crippen molar-refractivity contribution in [2.75, 3.05) is 42.8 Å². The first-order valence-corrected chi connectivity index (χ1v) is 10.7. The number of fused-ring (bicyclic) bond motifs is 1. The highest BCUT2D eigenvalue weighted by Gasteiger charge is 2.15. The molecule has 0 aliphatic carbocycles. The maximum Gasteiger partial charge on any atom is 0.244 e. The van der Waals surface area contributed by atoms with Crippen LogP contribution in [0.3, 0.4) is 0 Å². The quantitative estimate of drug-likeness (QED) is 0.690. The fourth-order valence-electron chi connectivity index (χ4n) is 3.32. The molecule has 1 aliphatic rings. The molecule has 0 atom stereocenters. The van der Waals surface area contributed by atoms with Gasteiger partial charge in [0.15, 0.2) is 0 Å². The van der Waals surface area contributed by atoms with Crippen LogP contribution in [0, 0.1) is 0 Å². The molecule has 2 aromatic heterocycles. The van der Waals surface area contributed by atoms with Gasteiger partial charge in [0.2, 0.25) is 5.91 Å². The Morgan fingerprint density at radius 2 is 2.04 bits per heavy atom. The minimum Gasteiger partial charge on any atom is -0.378 e. The number of nitrogens with zero attached hydrogens (tertiary/aromatic N) is 4. The highest BCUT2D eigenvalue weighted by atomic mass is 32.2. The molecule has 0 bridgehead atoms. The van der Waals surface area contributed by atoms with E-state index < -0.39 is 0 Å². The van der Waals surface area contributed by atoms with Crippen LogP contribution in [0.15, 0.2) is 42.6 Å². The van der Waals surface area contributed by atoms with Gasteiger partial charge >= 0.3 is 0 Å². The molecule has 3 heterocycles. The number of hydrogen-bond acceptors (Lipinski definition) is 6. The van der Waals surface area contributed by atoms with Gasteiger partial charge in [-0.1, -0.05) is 12.1 Å². The number of benzene rings is 1. The van der Waals surface area contributed by atoms with Crippen molar-refractivity contribution in [3.63, 3.8) is 0 Å². The lowest BCUT2D eigenvalue weighted by Crippen LogP contribution is -2.36. The summed E-state index contributed by atoms with van der Waals surface area (Å²) in [6.07, 6.45) is 3.74. The van der Waals surface area contributed by atoms with Crippen LogP contribution < -0.4 is 10.2 Å². The summed E-state index contributed by atoms with van der Waals surface area (Å²) in [7, 11) is 0. The standard InChI is InChI=1S/C20H23N5O2S/c1-28-14-19-23-16-4-2-3-5-17(16)25(19)13-20(26)22-15-6-7-18(21-12-15)24-8-10-27-11-9-24/h2-7,12H,8-11,13-14H2,1H3,(H,22,26). The fraction of sp³-hybridized carbons (Fsp3) is 0.350. The average molecular weight is 398 g/mol. The average Bonchev–Trinajstić information content (AvgIpc) is 3.07. The number of rotatable bonds is 6. The van der Waals surface area contributed by atoms with Gasteiger partial charge in [0.05, 0.1) is 41.9 Å². The summed E-state index contributed by atoms with van der Waals surface area (Å²) in [6, 6.07) is 11.7. The molecule has 0 radical (unpaired) electrons. The molecule has 146 valence electrons. The van der Waals surface area contributed by atoms with Crippen LogP contribution in [-0.4, -0.2) is 53.0 Å². The van der Waals surface area contributed by atoms with Crippen LogP contribution in [0.1, 0.15) is 5.82 Å². The molecule has 0 spiro atoms. The molecule has 8 heteroatoms. The zero-order chi connectivity index (χ0) is 19.3. The number of carbonyl (C=O) groups excluding carboxylic acids is 1. The number of ether oxygens (including phenoxy) is 1. The summed E-state index contributed by atoms with van der Waals surface area (Å²) >= 11 is 1.69. The van der Waals surface area contributed by atoms with E-state index in [-0.39, 0.29) is 12.5 Å². The van der Waals surface area contributed by atoms with Gasteiger partial charge in [-0.15, -0.1) is 0 Å². The van der Waals surface area contributed by atoms with E-state index in [4.69, 9.17) is 4.74 Å². The Hall–Kier alpha value is -2.58. The Balaban J connectivity index is 1.46. The number of thioether (sulfide) groups is 1. The Morgan fingerprint density at radius 3 is 2.79 bits per heavy atom. The summed E-state index contributed by atoms with van der Waals surface area (Å²) in [5, 5.41) is 2.94. The Bertz CT molecular complexity index is 951. The highest BCUT2D eigenvalue weighted by molar-refractivity contribution is 7.97.